The van der Waals surface area contributed by atoms with E-state index >= 15 is 0 Å². The van der Waals surface area contributed by atoms with Crippen LogP contribution in [0.2, 0.25) is 0 Å². The number of aryl methyl sites for hydroxylation is 1. The average Bonchev–Trinajstić information content (AvgIpc) is 3.12. The first kappa shape index (κ1) is 17.1. The van der Waals surface area contributed by atoms with E-state index in [0.717, 1.165) is 36.7 Å². The monoisotopic (exact) mass is 323 g/mol. The Balaban J connectivity index is 1.95. The van der Waals surface area contributed by atoms with E-state index in [1.54, 1.807) is 23.5 Å². The fourth-order valence-corrected chi connectivity index (χ4v) is 2.95. The normalized spacial score (nSPS) is 18.5. The summed E-state index contributed by atoms with van der Waals surface area (Å²) >= 11 is 1.59. The van der Waals surface area contributed by atoms with Gasteiger partial charge in [-0.1, -0.05) is 0 Å². The highest BCUT2D eigenvalue weighted by molar-refractivity contribution is 7.09. The number of carbonyl (C=O) groups excluding carboxylic acids is 1. The van der Waals surface area contributed by atoms with Gasteiger partial charge in [-0.3, -0.25) is 4.79 Å². The second kappa shape index (κ2) is 8.41. The van der Waals surface area contributed by atoms with Crippen molar-refractivity contribution in [2.75, 3.05) is 40.3 Å². The Labute approximate surface area is 136 Å². The highest BCUT2D eigenvalue weighted by Gasteiger charge is 2.21. The fraction of sp³-hybridized carbons (Fsp3) is 0.625. The summed E-state index contributed by atoms with van der Waals surface area (Å²) in [5.74, 6) is 0.0306. The molecule has 0 aliphatic carbocycles. The third kappa shape index (κ3) is 5.51. The van der Waals surface area contributed by atoms with Gasteiger partial charge in [-0.25, -0.2) is 4.98 Å². The van der Waals surface area contributed by atoms with Crippen molar-refractivity contribution >= 4 is 23.3 Å². The molecule has 22 heavy (non-hydrogen) atoms. The van der Waals surface area contributed by atoms with Gasteiger partial charge in [0.1, 0.15) is 0 Å². The second-order valence-electron chi connectivity index (χ2n) is 5.85. The molecule has 0 saturated carbocycles. The number of hydrogen-bond acceptors (Lipinski definition) is 5. The van der Waals surface area contributed by atoms with E-state index in [4.69, 9.17) is 4.74 Å². The molecular weight excluding hydrogens is 298 g/mol. The lowest BCUT2D eigenvalue weighted by Gasteiger charge is -2.25. The maximum atomic E-state index is 12.5. The van der Waals surface area contributed by atoms with E-state index < -0.39 is 0 Å². The van der Waals surface area contributed by atoms with E-state index in [1.165, 1.54) is 0 Å². The minimum atomic E-state index is 0.0306. The zero-order chi connectivity index (χ0) is 15.9. The number of carbonyl (C=O) groups is 1. The maximum absolute atomic E-state index is 12.5. The SMILES string of the molecule is Cc1nc(/C=C/C(=O)N(CCN(C)C)C[C@H]2CCCO2)cs1. The van der Waals surface area contributed by atoms with Gasteiger partial charge in [0.15, 0.2) is 0 Å². The van der Waals surface area contributed by atoms with Crippen molar-refractivity contribution < 1.29 is 9.53 Å². The van der Waals surface area contributed by atoms with E-state index in [-0.39, 0.29) is 12.0 Å². The third-order valence-corrected chi connectivity index (χ3v) is 4.40. The Kier molecular flexibility index (Phi) is 6.54. The lowest BCUT2D eigenvalue weighted by Crippen LogP contribution is -2.40. The fourth-order valence-electron chi connectivity index (χ4n) is 2.37. The zero-order valence-corrected chi connectivity index (χ0v) is 14.4. The summed E-state index contributed by atoms with van der Waals surface area (Å²) < 4.78 is 5.66. The number of ether oxygens (including phenoxy) is 1. The average molecular weight is 323 g/mol. The molecule has 1 amide bonds. The molecule has 0 unspecified atom stereocenters. The van der Waals surface area contributed by atoms with Crippen LogP contribution in [0.1, 0.15) is 23.5 Å². The summed E-state index contributed by atoms with van der Waals surface area (Å²) in [7, 11) is 4.03. The smallest absolute Gasteiger partial charge is 0.246 e. The molecule has 1 fully saturated rings. The van der Waals surface area contributed by atoms with Crippen LogP contribution < -0.4 is 0 Å². The van der Waals surface area contributed by atoms with E-state index in [9.17, 15) is 4.79 Å². The Hall–Kier alpha value is -1.24. The van der Waals surface area contributed by atoms with Crippen LogP contribution >= 0.6 is 11.3 Å². The van der Waals surface area contributed by atoms with Crippen LogP contribution in [0.5, 0.6) is 0 Å². The first-order valence-corrected chi connectivity index (χ1v) is 8.58. The highest BCUT2D eigenvalue weighted by Crippen LogP contribution is 2.14. The summed E-state index contributed by atoms with van der Waals surface area (Å²) in [6.07, 6.45) is 5.74. The maximum Gasteiger partial charge on any atom is 0.246 e. The molecule has 1 atom stereocenters. The highest BCUT2D eigenvalue weighted by atomic mass is 32.1. The molecule has 1 aliphatic rings. The molecule has 1 aromatic rings. The summed E-state index contributed by atoms with van der Waals surface area (Å²) in [6.45, 7) is 5.01. The molecule has 0 spiro atoms. The van der Waals surface area contributed by atoms with Crippen molar-refractivity contribution in [3.05, 3.63) is 22.2 Å². The second-order valence-corrected chi connectivity index (χ2v) is 6.91. The van der Waals surface area contributed by atoms with Gasteiger partial charge in [0.2, 0.25) is 5.91 Å². The summed E-state index contributed by atoms with van der Waals surface area (Å²) in [5, 5.41) is 2.97. The summed E-state index contributed by atoms with van der Waals surface area (Å²) in [5.41, 5.74) is 0.848. The molecule has 1 saturated heterocycles. The zero-order valence-electron chi connectivity index (χ0n) is 13.6. The van der Waals surface area contributed by atoms with Crippen LogP contribution in [0.15, 0.2) is 11.5 Å². The molecule has 2 heterocycles. The minimum Gasteiger partial charge on any atom is -0.376 e. The van der Waals surface area contributed by atoms with Crippen LogP contribution in [0, 0.1) is 6.92 Å². The quantitative estimate of drug-likeness (QED) is 0.720. The van der Waals surface area contributed by atoms with Crippen molar-refractivity contribution in [1.29, 1.82) is 0 Å². The number of likely N-dealkylation sites (N-methyl/N-ethyl adjacent to an activating group) is 1. The van der Waals surface area contributed by atoms with Crippen LogP contribution in [-0.4, -0.2) is 67.1 Å². The Morgan fingerprint density at radius 3 is 2.91 bits per heavy atom. The van der Waals surface area contributed by atoms with Gasteiger partial charge in [-0.05, 0) is 39.9 Å². The Morgan fingerprint density at radius 2 is 2.32 bits per heavy atom. The number of aromatic nitrogens is 1. The number of thiazole rings is 1. The molecule has 6 heteroatoms. The molecule has 0 aromatic carbocycles. The minimum absolute atomic E-state index is 0.0306. The van der Waals surface area contributed by atoms with Crippen molar-refractivity contribution in [3.63, 3.8) is 0 Å². The van der Waals surface area contributed by atoms with Gasteiger partial charge in [-0.15, -0.1) is 11.3 Å². The Morgan fingerprint density at radius 1 is 1.50 bits per heavy atom. The first-order chi connectivity index (χ1) is 10.5. The van der Waals surface area contributed by atoms with Gasteiger partial charge in [0, 0.05) is 37.7 Å². The van der Waals surface area contributed by atoms with E-state index in [2.05, 4.69) is 9.88 Å². The van der Waals surface area contributed by atoms with Crippen molar-refractivity contribution in [2.45, 2.75) is 25.9 Å². The van der Waals surface area contributed by atoms with Crippen LogP contribution in [0.25, 0.3) is 6.08 Å². The molecule has 2 rings (SSSR count). The number of rotatable bonds is 7. The van der Waals surface area contributed by atoms with Gasteiger partial charge < -0.3 is 14.5 Å². The molecule has 1 aromatic heterocycles. The molecule has 0 bridgehead atoms. The lowest BCUT2D eigenvalue weighted by molar-refractivity contribution is -0.127. The first-order valence-electron chi connectivity index (χ1n) is 7.70. The molecule has 0 N–H and O–H groups in total. The van der Waals surface area contributed by atoms with Crippen LogP contribution in [0.3, 0.4) is 0 Å². The van der Waals surface area contributed by atoms with Gasteiger partial charge in [0.25, 0.3) is 0 Å². The standard InChI is InChI=1S/C16H25N3O2S/c1-13-17-14(12-22-13)6-7-16(20)19(9-8-18(2)3)11-15-5-4-10-21-15/h6-7,12,15H,4-5,8-11H2,1-3H3/b7-6+/t15-/m1/s1. The number of nitrogens with zero attached hydrogens (tertiary/aromatic N) is 3. The Bertz CT molecular complexity index is 507. The van der Waals surface area contributed by atoms with Gasteiger partial charge in [0.05, 0.1) is 16.8 Å². The van der Waals surface area contributed by atoms with Crippen molar-refractivity contribution in [2.24, 2.45) is 0 Å². The van der Waals surface area contributed by atoms with E-state index in [0.29, 0.717) is 13.1 Å². The molecule has 1 aliphatic heterocycles. The predicted octanol–water partition coefficient (Wildman–Crippen LogP) is 2.03. The molecule has 5 nitrogen and oxygen atoms in total. The third-order valence-electron chi connectivity index (χ3n) is 3.61. The van der Waals surface area contributed by atoms with Gasteiger partial charge in [-0.2, -0.15) is 0 Å². The van der Waals surface area contributed by atoms with Gasteiger partial charge >= 0.3 is 0 Å². The van der Waals surface area contributed by atoms with Crippen molar-refractivity contribution in [1.82, 2.24) is 14.8 Å². The predicted molar refractivity (Wildman–Crippen MR) is 90.0 cm³/mol. The largest absolute Gasteiger partial charge is 0.376 e. The van der Waals surface area contributed by atoms with Crippen molar-refractivity contribution in [3.8, 4) is 0 Å². The topological polar surface area (TPSA) is 45.7 Å². The van der Waals surface area contributed by atoms with Crippen LogP contribution in [-0.2, 0) is 9.53 Å². The summed E-state index contributed by atoms with van der Waals surface area (Å²) in [6, 6.07) is 0. The summed E-state index contributed by atoms with van der Waals surface area (Å²) in [4.78, 5) is 20.8. The molecule has 0 radical (unpaired) electrons. The molecular formula is C16H25N3O2S. The van der Waals surface area contributed by atoms with Crippen LogP contribution in [0.4, 0.5) is 0 Å². The van der Waals surface area contributed by atoms with E-state index in [1.807, 2.05) is 31.3 Å². The lowest BCUT2D eigenvalue weighted by atomic mass is 10.2. The number of hydrogen-bond donors (Lipinski definition) is 0. The number of amides is 1. The molecule has 122 valence electrons.